The third-order valence-electron chi connectivity index (χ3n) is 5.52. The third-order valence-corrected chi connectivity index (χ3v) is 5.52. The molecular weight excluding hydrogens is 372 g/mol. The largest absolute Gasteiger partial charge is 0.444 e. The number of piperidine rings is 1. The number of fused-ring (bicyclic) bond motifs is 1. The molecule has 4 heteroatoms. The van der Waals surface area contributed by atoms with Crippen molar-refractivity contribution in [2.75, 3.05) is 13.1 Å². The van der Waals surface area contributed by atoms with E-state index in [1.54, 1.807) is 0 Å². The maximum absolute atomic E-state index is 12.4. The van der Waals surface area contributed by atoms with Gasteiger partial charge < -0.3 is 14.2 Å². The summed E-state index contributed by atoms with van der Waals surface area (Å²) in [4.78, 5) is 14.2. The summed E-state index contributed by atoms with van der Waals surface area (Å²) in [7, 11) is 0. The van der Waals surface area contributed by atoms with E-state index in [0.717, 1.165) is 32.5 Å². The molecule has 30 heavy (non-hydrogen) atoms. The minimum absolute atomic E-state index is 0.201. The molecule has 0 radical (unpaired) electrons. The van der Waals surface area contributed by atoms with Gasteiger partial charge in [-0.25, -0.2) is 4.79 Å². The Morgan fingerprint density at radius 3 is 2.57 bits per heavy atom. The molecule has 0 bridgehead atoms. The highest BCUT2D eigenvalue weighted by molar-refractivity contribution is 5.84. The lowest BCUT2D eigenvalue weighted by atomic mass is 9.89. The molecule has 1 saturated heterocycles. The van der Waals surface area contributed by atoms with Crippen molar-refractivity contribution in [2.24, 2.45) is 0 Å². The Morgan fingerprint density at radius 2 is 1.93 bits per heavy atom. The molecule has 1 aromatic carbocycles. The number of para-hydroxylation sites is 1. The molecule has 160 valence electrons. The monoisotopic (exact) mass is 406 g/mol. The number of benzene rings is 1. The highest BCUT2D eigenvalue weighted by Gasteiger charge is 2.28. The molecule has 1 aromatic heterocycles. The number of hydrogen-bond acceptors (Lipinski definition) is 2. The van der Waals surface area contributed by atoms with Crippen molar-refractivity contribution >= 4 is 17.0 Å². The number of carbonyl (C=O) groups excluding carboxylic acids is 1. The average molecular weight is 407 g/mol. The van der Waals surface area contributed by atoms with E-state index < -0.39 is 5.60 Å². The Bertz CT molecular complexity index is 951. The summed E-state index contributed by atoms with van der Waals surface area (Å²) in [6.45, 7) is 14.0. The van der Waals surface area contributed by atoms with E-state index in [-0.39, 0.29) is 6.09 Å². The minimum atomic E-state index is -0.454. The third kappa shape index (κ3) is 5.24. The average Bonchev–Trinajstić information content (AvgIpc) is 3.08. The van der Waals surface area contributed by atoms with Crippen LogP contribution in [0.25, 0.3) is 10.9 Å². The van der Waals surface area contributed by atoms with Gasteiger partial charge in [-0.05, 0) is 63.7 Å². The first-order valence-corrected chi connectivity index (χ1v) is 10.8. The van der Waals surface area contributed by atoms with Gasteiger partial charge in [0.1, 0.15) is 5.60 Å². The molecule has 0 aliphatic carbocycles. The van der Waals surface area contributed by atoms with Crippen LogP contribution in [0.2, 0.25) is 0 Å². The number of allylic oxidation sites excluding steroid dienone is 5. The fourth-order valence-corrected chi connectivity index (χ4v) is 4.03. The lowest BCUT2D eigenvalue weighted by Gasteiger charge is -2.33. The van der Waals surface area contributed by atoms with E-state index in [9.17, 15) is 4.79 Å². The van der Waals surface area contributed by atoms with Crippen molar-refractivity contribution in [3.63, 3.8) is 0 Å². The molecule has 1 amide bonds. The molecular formula is C26H34N2O2. The predicted molar refractivity (Wildman–Crippen MR) is 125 cm³/mol. The van der Waals surface area contributed by atoms with Crippen molar-refractivity contribution in [1.82, 2.24) is 9.47 Å². The van der Waals surface area contributed by atoms with Gasteiger partial charge in [0.25, 0.3) is 0 Å². The van der Waals surface area contributed by atoms with E-state index in [0.29, 0.717) is 5.92 Å². The van der Waals surface area contributed by atoms with Gasteiger partial charge in [-0.15, -0.1) is 0 Å². The number of hydrogen-bond donors (Lipinski definition) is 0. The van der Waals surface area contributed by atoms with Gasteiger partial charge in [0.15, 0.2) is 0 Å². The highest BCUT2D eigenvalue weighted by atomic mass is 16.6. The van der Waals surface area contributed by atoms with E-state index >= 15 is 0 Å². The highest BCUT2D eigenvalue weighted by Crippen LogP contribution is 2.35. The Hall–Kier alpha value is -2.75. The van der Waals surface area contributed by atoms with Gasteiger partial charge >= 0.3 is 6.09 Å². The molecule has 3 rings (SSSR count). The zero-order valence-corrected chi connectivity index (χ0v) is 18.7. The summed E-state index contributed by atoms with van der Waals surface area (Å²) in [5, 5.41) is 1.31. The first-order valence-electron chi connectivity index (χ1n) is 10.8. The standard InChI is InChI=1S/C26H34N2O2/c1-6-8-11-20(7-2)18-28-19-23(22-12-9-10-13-24(22)28)21-14-16-27(17-15-21)25(29)30-26(3,4)5/h6-13,19,21H,2,14-18H2,1,3-5H3/b8-6-,20-11+. The molecule has 0 N–H and O–H groups in total. The summed E-state index contributed by atoms with van der Waals surface area (Å²) in [6, 6.07) is 8.60. The van der Waals surface area contributed by atoms with Gasteiger partial charge in [-0.1, -0.05) is 49.1 Å². The fraction of sp³-hybridized carbons (Fsp3) is 0.423. The molecule has 4 nitrogen and oxygen atoms in total. The maximum atomic E-state index is 12.4. The maximum Gasteiger partial charge on any atom is 0.410 e. The van der Waals surface area contributed by atoms with Gasteiger partial charge in [0.05, 0.1) is 0 Å². The minimum Gasteiger partial charge on any atom is -0.444 e. The first kappa shape index (κ1) is 21.9. The van der Waals surface area contributed by atoms with Crippen LogP contribution in [0.3, 0.4) is 0 Å². The van der Waals surface area contributed by atoms with Crippen LogP contribution in [0.4, 0.5) is 4.79 Å². The number of likely N-dealkylation sites (tertiary alicyclic amines) is 1. The second-order valence-corrected chi connectivity index (χ2v) is 8.94. The van der Waals surface area contributed by atoms with Gasteiger partial charge in [-0.2, -0.15) is 0 Å². The Morgan fingerprint density at radius 1 is 1.23 bits per heavy atom. The number of aromatic nitrogens is 1. The predicted octanol–water partition coefficient (Wildman–Crippen LogP) is 6.44. The van der Waals surface area contributed by atoms with E-state index in [1.165, 1.54) is 22.0 Å². The molecule has 2 heterocycles. The topological polar surface area (TPSA) is 34.5 Å². The van der Waals surface area contributed by atoms with Crippen LogP contribution in [0.5, 0.6) is 0 Å². The molecule has 1 aliphatic heterocycles. The summed E-state index contributed by atoms with van der Waals surface area (Å²) in [6.07, 6.45) is 12.1. The Labute approximate surface area is 180 Å². The van der Waals surface area contributed by atoms with Crippen molar-refractivity contribution in [3.05, 3.63) is 72.5 Å². The molecule has 0 atom stereocenters. The molecule has 0 unspecified atom stereocenters. The smallest absolute Gasteiger partial charge is 0.410 e. The summed E-state index contributed by atoms with van der Waals surface area (Å²) in [5.74, 6) is 0.446. The first-order chi connectivity index (χ1) is 14.3. The lowest BCUT2D eigenvalue weighted by molar-refractivity contribution is 0.0205. The lowest BCUT2D eigenvalue weighted by Crippen LogP contribution is -2.41. The van der Waals surface area contributed by atoms with Crippen LogP contribution in [0, 0.1) is 0 Å². The van der Waals surface area contributed by atoms with Crippen molar-refractivity contribution in [3.8, 4) is 0 Å². The van der Waals surface area contributed by atoms with Crippen LogP contribution in [0.15, 0.2) is 66.9 Å². The number of rotatable bonds is 5. The van der Waals surface area contributed by atoms with E-state index in [1.807, 2.05) is 44.7 Å². The van der Waals surface area contributed by atoms with Crippen LogP contribution in [-0.4, -0.2) is 34.3 Å². The van der Waals surface area contributed by atoms with E-state index in [4.69, 9.17) is 4.74 Å². The summed E-state index contributed by atoms with van der Waals surface area (Å²) < 4.78 is 7.86. The van der Waals surface area contributed by atoms with Crippen LogP contribution in [-0.2, 0) is 11.3 Å². The molecule has 0 spiro atoms. The second kappa shape index (κ2) is 9.38. The SMILES string of the molecule is C=C/C(=C\C=C/C)Cn1cc(C2CCN(C(=O)OC(C)(C)C)CC2)c2ccccc21. The Kier molecular flexibility index (Phi) is 6.86. The number of amides is 1. The van der Waals surface area contributed by atoms with Crippen LogP contribution < -0.4 is 0 Å². The van der Waals surface area contributed by atoms with Crippen molar-refractivity contribution < 1.29 is 9.53 Å². The fourth-order valence-electron chi connectivity index (χ4n) is 4.03. The number of nitrogens with zero attached hydrogens (tertiary/aromatic N) is 2. The van der Waals surface area contributed by atoms with Gasteiger partial charge in [0.2, 0.25) is 0 Å². The number of ether oxygens (including phenoxy) is 1. The van der Waals surface area contributed by atoms with Crippen molar-refractivity contribution in [1.29, 1.82) is 0 Å². The zero-order chi connectivity index (χ0) is 21.7. The molecule has 1 fully saturated rings. The number of carbonyl (C=O) groups is 1. The zero-order valence-electron chi connectivity index (χ0n) is 18.7. The summed E-state index contributed by atoms with van der Waals surface area (Å²) >= 11 is 0. The van der Waals surface area contributed by atoms with Gasteiger partial charge in [0, 0.05) is 36.7 Å². The van der Waals surface area contributed by atoms with Crippen LogP contribution in [0.1, 0.15) is 52.0 Å². The summed E-state index contributed by atoms with van der Waals surface area (Å²) in [5.41, 5.74) is 3.35. The van der Waals surface area contributed by atoms with Crippen molar-refractivity contribution in [2.45, 2.75) is 58.6 Å². The molecule has 2 aromatic rings. The van der Waals surface area contributed by atoms with E-state index in [2.05, 4.69) is 53.8 Å². The van der Waals surface area contributed by atoms with Crippen LogP contribution >= 0.6 is 0 Å². The quantitative estimate of drug-likeness (QED) is 0.535. The van der Waals surface area contributed by atoms with Gasteiger partial charge in [-0.3, -0.25) is 0 Å². The second-order valence-electron chi connectivity index (χ2n) is 8.94. The normalized spacial score (nSPS) is 16.4. The Balaban J connectivity index is 1.79. The molecule has 0 saturated carbocycles. The molecule has 1 aliphatic rings.